The number of carbonyl (C=O) groups excluding carboxylic acids is 1. The molecule has 2 aliphatic rings. The lowest BCUT2D eigenvalue weighted by molar-refractivity contribution is 0.245. The second kappa shape index (κ2) is 5.82. The second-order valence-corrected chi connectivity index (χ2v) is 6.71. The van der Waals surface area contributed by atoms with E-state index in [0.29, 0.717) is 21.7 Å². The highest BCUT2D eigenvalue weighted by atomic mass is 35.5. The fourth-order valence-electron chi connectivity index (χ4n) is 3.60. The minimum Gasteiger partial charge on any atom is -0.338 e. The van der Waals surface area contributed by atoms with Crippen molar-refractivity contribution in [2.75, 3.05) is 11.9 Å². The van der Waals surface area contributed by atoms with Gasteiger partial charge < -0.3 is 10.6 Å². The number of fused-ring (bicyclic) bond motifs is 2. The number of nitrogens with one attached hydrogen (secondary N) is 2. The van der Waals surface area contributed by atoms with Crippen molar-refractivity contribution in [2.24, 2.45) is 17.8 Å². The zero-order valence-electron chi connectivity index (χ0n) is 11.2. The predicted octanol–water partition coefficient (Wildman–Crippen LogP) is 4.55. The van der Waals surface area contributed by atoms with Crippen LogP contribution in [-0.2, 0) is 0 Å². The Bertz CT molecular complexity index is 521. The van der Waals surface area contributed by atoms with Gasteiger partial charge in [0, 0.05) is 12.2 Å². The van der Waals surface area contributed by atoms with Gasteiger partial charge in [0.05, 0.1) is 10.0 Å². The molecule has 0 saturated heterocycles. The first-order valence-electron chi connectivity index (χ1n) is 7.11. The van der Waals surface area contributed by atoms with Gasteiger partial charge in [-0.2, -0.15) is 0 Å². The molecule has 2 bridgehead atoms. The van der Waals surface area contributed by atoms with Crippen LogP contribution in [0.1, 0.15) is 25.7 Å². The Morgan fingerprint density at radius 1 is 1.20 bits per heavy atom. The normalized spacial score (nSPS) is 27.6. The number of hydrogen-bond donors (Lipinski definition) is 2. The van der Waals surface area contributed by atoms with Crippen LogP contribution >= 0.6 is 23.2 Å². The molecule has 1 aromatic carbocycles. The molecule has 3 atom stereocenters. The van der Waals surface area contributed by atoms with Crippen molar-refractivity contribution in [1.29, 1.82) is 0 Å². The summed E-state index contributed by atoms with van der Waals surface area (Å²) in [6, 6.07) is 4.90. The van der Waals surface area contributed by atoms with Crippen molar-refractivity contribution in [3.05, 3.63) is 28.2 Å². The van der Waals surface area contributed by atoms with Gasteiger partial charge in [-0.25, -0.2) is 4.79 Å². The fourth-order valence-corrected chi connectivity index (χ4v) is 3.90. The lowest BCUT2D eigenvalue weighted by atomic mass is 9.89. The van der Waals surface area contributed by atoms with E-state index in [1.165, 1.54) is 25.7 Å². The molecule has 20 heavy (non-hydrogen) atoms. The molecule has 5 heteroatoms. The van der Waals surface area contributed by atoms with Crippen LogP contribution in [0.5, 0.6) is 0 Å². The quantitative estimate of drug-likeness (QED) is 0.844. The van der Waals surface area contributed by atoms with Gasteiger partial charge in [-0.1, -0.05) is 29.6 Å². The molecule has 0 aromatic heterocycles. The highest BCUT2D eigenvalue weighted by molar-refractivity contribution is 6.42. The van der Waals surface area contributed by atoms with Gasteiger partial charge in [-0.3, -0.25) is 0 Å². The summed E-state index contributed by atoms with van der Waals surface area (Å²) in [6.45, 7) is 0.772. The van der Waals surface area contributed by atoms with E-state index in [1.54, 1.807) is 18.2 Å². The molecule has 1 aromatic rings. The van der Waals surface area contributed by atoms with E-state index >= 15 is 0 Å². The Balaban J connectivity index is 1.48. The van der Waals surface area contributed by atoms with Gasteiger partial charge >= 0.3 is 6.03 Å². The minimum atomic E-state index is -0.175. The molecule has 0 spiro atoms. The predicted molar refractivity (Wildman–Crippen MR) is 82.4 cm³/mol. The highest BCUT2D eigenvalue weighted by Crippen LogP contribution is 2.47. The Morgan fingerprint density at radius 2 is 2.05 bits per heavy atom. The smallest absolute Gasteiger partial charge is 0.319 e. The van der Waals surface area contributed by atoms with Crippen LogP contribution in [0.4, 0.5) is 10.5 Å². The van der Waals surface area contributed by atoms with E-state index < -0.39 is 0 Å². The number of halogens is 2. The zero-order valence-corrected chi connectivity index (χ0v) is 12.7. The molecule has 2 aliphatic carbocycles. The molecule has 2 saturated carbocycles. The van der Waals surface area contributed by atoms with Crippen molar-refractivity contribution < 1.29 is 4.79 Å². The van der Waals surface area contributed by atoms with Crippen molar-refractivity contribution in [2.45, 2.75) is 25.7 Å². The van der Waals surface area contributed by atoms with Crippen molar-refractivity contribution >= 4 is 34.9 Å². The molecule has 0 unspecified atom stereocenters. The third kappa shape index (κ3) is 3.04. The first-order chi connectivity index (χ1) is 9.61. The number of anilines is 1. The summed E-state index contributed by atoms with van der Waals surface area (Å²) < 4.78 is 0. The van der Waals surface area contributed by atoms with E-state index in [0.717, 1.165) is 18.4 Å². The van der Waals surface area contributed by atoms with E-state index in [-0.39, 0.29) is 6.03 Å². The molecule has 3 nitrogen and oxygen atoms in total. The van der Waals surface area contributed by atoms with Crippen LogP contribution in [0.15, 0.2) is 18.2 Å². The molecule has 2 N–H and O–H groups in total. The lowest BCUT2D eigenvalue weighted by Crippen LogP contribution is -2.34. The first-order valence-corrected chi connectivity index (χ1v) is 7.87. The van der Waals surface area contributed by atoms with E-state index in [1.807, 2.05) is 0 Å². The summed E-state index contributed by atoms with van der Waals surface area (Å²) in [7, 11) is 0. The summed E-state index contributed by atoms with van der Waals surface area (Å²) in [6.07, 6.45) is 5.36. The Kier molecular flexibility index (Phi) is 4.08. The summed E-state index contributed by atoms with van der Waals surface area (Å²) in [5.74, 6) is 2.39. The van der Waals surface area contributed by atoms with Crippen LogP contribution in [0.25, 0.3) is 0 Å². The number of rotatable bonds is 3. The zero-order chi connectivity index (χ0) is 14.1. The summed E-state index contributed by atoms with van der Waals surface area (Å²) in [5, 5.41) is 6.68. The maximum Gasteiger partial charge on any atom is 0.319 e. The SMILES string of the molecule is O=C(NC[C@H]1C[C@@H]2CC[C@@H]1C2)Nc1ccc(Cl)c(Cl)c1. The van der Waals surface area contributed by atoms with Crippen molar-refractivity contribution in [1.82, 2.24) is 5.32 Å². The topological polar surface area (TPSA) is 41.1 Å². The van der Waals surface area contributed by atoms with Gasteiger partial charge in [-0.05, 0) is 55.2 Å². The third-order valence-corrected chi connectivity index (χ3v) is 5.33. The molecular weight excluding hydrogens is 295 g/mol. The Morgan fingerprint density at radius 3 is 2.70 bits per heavy atom. The molecule has 2 fully saturated rings. The largest absolute Gasteiger partial charge is 0.338 e. The van der Waals surface area contributed by atoms with Crippen LogP contribution in [0.2, 0.25) is 10.0 Å². The molecule has 3 rings (SSSR count). The number of amides is 2. The van der Waals surface area contributed by atoms with Gasteiger partial charge in [0.25, 0.3) is 0 Å². The van der Waals surface area contributed by atoms with Crippen LogP contribution in [0.3, 0.4) is 0 Å². The van der Waals surface area contributed by atoms with Gasteiger partial charge in [-0.15, -0.1) is 0 Å². The van der Waals surface area contributed by atoms with Crippen molar-refractivity contribution in [3.63, 3.8) is 0 Å². The maximum atomic E-state index is 11.9. The standard InChI is InChI=1S/C15H18Cl2N2O/c16-13-4-3-12(7-14(13)17)19-15(20)18-8-11-6-9-1-2-10(11)5-9/h3-4,7,9-11H,1-2,5-6,8H2,(H2,18,19,20)/t9-,10-,11-/m1/s1. The van der Waals surface area contributed by atoms with E-state index in [9.17, 15) is 4.79 Å². The van der Waals surface area contributed by atoms with Gasteiger partial charge in [0.1, 0.15) is 0 Å². The summed E-state index contributed by atoms with van der Waals surface area (Å²) >= 11 is 11.8. The summed E-state index contributed by atoms with van der Waals surface area (Å²) in [5.41, 5.74) is 0.657. The summed E-state index contributed by atoms with van der Waals surface area (Å²) in [4.78, 5) is 11.9. The van der Waals surface area contributed by atoms with Crippen LogP contribution in [-0.4, -0.2) is 12.6 Å². The van der Waals surface area contributed by atoms with Gasteiger partial charge in [0.2, 0.25) is 0 Å². The highest BCUT2D eigenvalue weighted by Gasteiger charge is 2.39. The van der Waals surface area contributed by atoms with Crippen LogP contribution in [0, 0.1) is 17.8 Å². The van der Waals surface area contributed by atoms with E-state index in [2.05, 4.69) is 10.6 Å². The number of hydrogen-bond acceptors (Lipinski definition) is 1. The van der Waals surface area contributed by atoms with Gasteiger partial charge in [0.15, 0.2) is 0 Å². The Hall–Kier alpha value is -0.930. The molecule has 108 valence electrons. The molecule has 0 heterocycles. The number of carbonyl (C=O) groups is 1. The minimum absolute atomic E-state index is 0.175. The van der Waals surface area contributed by atoms with E-state index in [4.69, 9.17) is 23.2 Å². The molecule has 0 radical (unpaired) electrons. The van der Waals surface area contributed by atoms with Crippen molar-refractivity contribution in [3.8, 4) is 0 Å². The molecule has 0 aliphatic heterocycles. The monoisotopic (exact) mass is 312 g/mol. The first kappa shape index (κ1) is 14.0. The number of urea groups is 1. The second-order valence-electron chi connectivity index (χ2n) is 5.90. The molecular formula is C15H18Cl2N2O. The average Bonchev–Trinajstić information content (AvgIpc) is 3.03. The molecule has 2 amide bonds. The maximum absolute atomic E-state index is 11.9. The average molecular weight is 313 g/mol. The third-order valence-electron chi connectivity index (χ3n) is 4.59. The lowest BCUT2D eigenvalue weighted by Gasteiger charge is -2.21. The fraction of sp³-hybridized carbons (Fsp3) is 0.533. The van der Waals surface area contributed by atoms with Crippen LogP contribution < -0.4 is 10.6 Å². The Labute approximate surface area is 129 Å². The number of benzene rings is 1.